The number of carbonyl (C=O) groups is 1. The molecule has 3 aromatic rings. The highest BCUT2D eigenvalue weighted by molar-refractivity contribution is 6.32. The van der Waals surface area contributed by atoms with Crippen LogP contribution in [0, 0.1) is 0 Å². The smallest absolute Gasteiger partial charge is 0.356 e. The van der Waals surface area contributed by atoms with Crippen molar-refractivity contribution in [3.8, 4) is 11.3 Å². The van der Waals surface area contributed by atoms with Gasteiger partial charge in [0.15, 0.2) is 0 Å². The number of hydrogen-bond donors (Lipinski definition) is 1. The zero-order valence-electron chi connectivity index (χ0n) is 13.9. The second-order valence-electron chi connectivity index (χ2n) is 5.88. The van der Waals surface area contributed by atoms with Crippen LogP contribution >= 0.6 is 11.6 Å². The first-order chi connectivity index (χ1) is 12.6. The van der Waals surface area contributed by atoms with Crippen molar-refractivity contribution in [2.75, 3.05) is 12.4 Å². The van der Waals surface area contributed by atoms with E-state index in [1.54, 1.807) is 18.3 Å². The highest BCUT2D eigenvalue weighted by Crippen LogP contribution is 2.35. The molecule has 0 unspecified atom stereocenters. The van der Waals surface area contributed by atoms with Crippen LogP contribution in [0.15, 0.2) is 36.9 Å². The zero-order chi connectivity index (χ0) is 18.1. The molecule has 3 aromatic heterocycles. The average Bonchev–Trinajstić information content (AvgIpc) is 3.42. The van der Waals surface area contributed by atoms with Crippen molar-refractivity contribution in [1.82, 2.24) is 24.7 Å². The summed E-state index contributed by atoms with van der Waals surface area (Å²) >= 11 is 6.23. The van der Waals surface area contributed by atoms with Gasteiger partial charge in [-0.3, -0.25) is 4.68 Å². The summed E-state index contributed by atoms with van der Waals surface area (Å²) in [5, 5.41) is 7.84. The number of nitrogens with zero attached hydrogens (tertiary/aromatic N) is 5. The lowest BCUT2D eigenvalue weighted by Crippen LogP contribution is -2.04. The van der Waals surface area contributed by atoms with Gasteiger partial charge in [-0.15, -0.1) is 0 Å². The van der Waals surface area contributed by atoms with Gasteiger partial charge in [-0.05, 0) is 25.0 Å². The van der Waals surface area contributed by atoms with E-state index >= 15 is 0 Å². The van der Waals surface area contributed by atoms with E-state index in [2.05, 4.69) is 30.1 Å². The lowest BCUT2D eigenvalue weighted by Gasteiger charge is -2.07. The van der Waals surface area contributed by atoms with Crippen LogP contribution in [-0.2, 0) is 4.74 Å². The van der Waals surface area contributed by atoms with Gasteiger partial charge in [-0.1, -0.05) is 11.6 Å². The first kappa shape index (κ1) is 16.5. The molecule has 8 nitrogen and oxygen atoms in total. The number of aromatic nitrogens is 5. The maximum absolute atomic E-state index is 11.5. The van der Waals surface area contributed by atoms with E-state index in [9.17, 15) is 4.79 Å². The lowest BCUT2D eigenvalue weighted by atomic mass is 10.2. The number of carbonyl (C=O) groups excluding carboxylic acids is 1. The Morgan fingerprint density at radius 3 is 2.81 bits per heavy atom. The fourth-order valence-electron chi connectivity index (χ4n) is 2.46. The van der Waals surface area contributed by atoms with E-state index in [0.29, 0.717) is 28.3 Å². The molecule has 9 heteroatoms. The topological polar surface area (TPSA) is 94.8 Å². The molecule has 132 valence electrons. The molecular formula is C17H15ClN6O2. The van der Waals surface area contributed by atoms with Crippen LogP contribution in [0.25, 0.3) is 11.3 Å². The van der Waals surface area contributed by atoms with E-state index < -0.39 is 5.97 Å². The van der Waals surface area contributed by atoms with Gasteiger partial charge in [0.25, 0.3) is 0 Å². The first-order valence-corrected chi connectivity index (χ1v) is 8.40. The SMILES string of the molecule is COC(=O)c1ccc(-c2nc(Nc3cnn(C4CC4)c3)ncc2Cl)cn1. The van der Waals surface area contributed by atoms with Crippen molar-refractivity contribution in [2.24, 2.45) is 0 Å². The third kappa shape index (κ3) is 3.36. The molecule has 0 aromatic carbocycles. The zero-order valence-corrected chi connectivity index (χ0v) is 14.6. The number of anilines is 2. The lowest BCUT2D eigenvalue weighted by molar-refractivity contribution is 0.0594. The monoisotopic (exact) mass is 370 g/mol. The van der Waals surface area contributed by atoms with Crippen LogP contribution in [-0.4, -0.2) is 37.8 Å². The number of halogens is 1. The Morgan fingerprint density at radius 2 is 2.12 bits per heavy atom. The van der Waals surface area contributed by atoms with Crippen molar-refractivity contribution in [3.05, 3.63) is 47.6 Å². The second kappa shape index (κ2) is 6.72. The van der Waals surface area contributed by atoms with Gasteiger partial charge in [0.1, 0.15) is 5.69 Å². The maximum Gasteiger partial charge on any atom is 0.356 e. The van der Waals surface area contributed by atoms with E-state index in [4.69, 9.17) is 11.6 Å². The van der Waals surface area contributed by atoms with Gasteiger partial charge in [0.05, 0.1) is 41.9 Å². The fraction of sp³-hybridized carbons (Fsp3) is 0.235. The molecule has 26 heavy (non-hydrogen) atoms. The van der Waals surface area contributed by atoms with Crippen LogP contribution in [0.2, 0.25) is 5.02 Å². The van der Waals surface area contributed by atoms with Gasteiger partial charge in [0, 0.05) is 18.0 Å². The summed E-state index contributed by atoms with van der Waals surface area (Å²) in [4.78, 5) is 24.2. The average molecular weight is 371 g/mol. The number of esters is 1. The summed E-state index contributed by atoms with van der Waals surface area (Å²) in [5.41, 5.74) is 2.21. The third-order valence-electron chi connectivity index (χ3n) is 3.95. The molecule has 3 heterocycles. The van der Waals surface area contributed by atoms with Crippen LogP contribution in [0.1, 0.15) is 29.4 Å². The van der Waals surface area contributed by atoms with Gasteiger partial charge < -0.3 is 10.1 Å². The molecule has 0 spiro atoms. The van der Waals surface area contributed by atoms with Crippen molar-refractivity contribution >= 4 is 29.2 Å². The largest absolute Gasteiger partial charge is 0.464 e. The maximum atomic E-state index is 11.5. The molecular weight excluding hydrogens is 356 g/mol. The Bertz CT molecular complexity index is 952. The minimum absolute atomic E-state index is 0.215. The molecule has 0 radical (unpaired) electrons. The standard InChI is InChI=1S/C17H15ClN6O2/c1-26-16(25)14-5-2-10(6-19-14)15-13(18)8-20-17(23-15)22-11-7-21-24(9-11)12-3-4-12/h2,5-9,12H,3-4H2,1H3,(H,20,22,23). The van der Waals surface area contributed by atoms with E-state index in [1.165, 1.54) is 19.5 Å². The Kier molecular flexibility index (Phi) is 4.26. The van der Waals surface area contributed by atoms with Crippen LogP contribution < -0.4 is 5.32 Å². The van der Waals surface area contributed by atoms with Crippen molar-refractivity contribution in [3.63, 3.8) is 0 Å². The summed E-state index contributed by atoms with van der Waals surface area (Å²) in [6, 6.07) is 3.78. The van der Waals surface area contributed by atoms with Gasteiger partial charge in [0.2, 0.25) is 5.95 Å². The quantitative estimate of drug-likeness (QED) is 0.688. The van der Waals surface area contributed by atoms with Crippen LogP contribution in [0.3, 0.4) is 0 Å². The van der Waals surface area contributed by atoms with E-state index in [-0.39, 0.29) is 5.69 Å². The number of ether oxygens (including phenoxy) is 1. The molecule has 1 aliphatic rings. The summed E-state index contributed by atoms with van der Waals surface area (Å²) in [6.07, 6.45) is 9.04. The van der Waals surface area contributed by atoms with Gasteiger partial charge in [-0.2, -0.15) is 5.10 Å². The number of methoxy groups -OCH3 is 1. The fourth-order valence-corrected chi connectivity index (χ4v) is 2.66. The number of pyridine rings is 1. The molecule has 0 amide bonds. The molecule has 1 saturated carbocycles. The van der Waals surface area contributed by atoms with E-state index in [0.717, 1.165) is 18.5 Å². The Balaban J connectivity index is 1.58. The molecule has 4 rings (SSSR count). The highest BCUT2D eigenvalue weighted by atomic mass is 35.5. The molecule has 1 aliphatic carbocycles. The first-order valence-electron chi connectivity index (χ1n) is 8.02. The number of rotatable bonds is 5. The molecule has 1 N–H and O–H groups in total. The summed E-state index contributed by atoms with van der Waals surface area (Å²) in [5.74, 6) is -0.0999. The predicted octanol–water partition coefficient (Wildman–Crippen LogP) is 3.25. The minimum atomic E-state index is -0.500. The Morgan fingerprint density at radius 1 is 1.27 bits per heavy atom. The van der Waals surface area contributed by atoms with Gasteiger partial charge in [-0.25, -0.2) is 19.7 Å². The number of hydrogen-bond acceptors (Lipinski definition) is 7. The third-order valence-corrected chi connectivity index (χ3v) is 4.23. The molecule has 1 fully saturated rings. The molecule has 0 atom stereocenters. The normalized spacial score (nSPS) is 13.5. The van der Waals surface area contributed by atoms with Crippen molar-refractivity contribution < 1.29 is 9.53 Å². The van der Waals surface area contributed by atoms with Gasteiger partial charge >= 0.3 is 5.97 Å². The van der Waals surface area contributed by atoms with Crippen LogP contribution in [0.4, 0.5) is 11.6 Å². The summed E-state index contributed by atoms with van der Waals surface area (Å²) < 4.78 is 6.58. The molecule has 0 saturated heterocycles. The highest BCUT2D eigenvalue weighted by Gasteiger charge is 2.24. The van der Waals surface area contributed by atoms with Crippen LogP contribution in [0.5, 0.6) is 0 Å². The predicted molar refractivity (Wildman–Crippen MR) is 95.4 cm³/mol. The Hall–Kier alpha value is -3.00. The van der Waals surface area contributed by atoms with Crippen molar-refractivity contribution in [2.45, 2.75) is 18.9 Å². The van der Waals surface area contributed by atoms with E-state index in [1.807, 2.05) is 10.9 Å². The number of nitrogens with one attached hydrogen (secondary N) is 1. The second-order valence-corrected chi connectivity index (χ2v) is 6.29. The minimum Gasteiger partial charge on any atom is -0.464 e. The Labute approximate surface area is 154 Å². The molecule has 0 bridgehead atoms. The van der Waals surface area contributed by atoms with Crippen molar-refractivity contribution in [1.29, 1.82) is 0 Å². The molecule has 0 aliphatic heterocycles. The summed E-state index contributed by atoms with van der Waals surface area (Å²) in [6.45, 7) is 0. The summed E-state index contributed by atoms with van der Waals surface area (Å²) in [7, 11) is 1.31.